The molecule has 4 heteroatoms. The van der Waals surface area contributed by atoms with E-state index in [0.29, 0.717) is 24.4 Å². The molecule has 1 heterocycles. The van der Waals surface area contributed by atoms with E-state index in [1.165, 1.54) is 0 Å². The van der Waals surface area contributed by atoms with Gasteiger partial charge in [-0.1, -0.05) is 48.7 Å². The van der Waals surface area contributed by atoms with E-state index in [-0.39, 0.29) is 0 Å². The van der Waals surface area contributed by atoms with Gasteiger partial charge in [0, 0.05) is 0 Å². The average Bonchev–Trinajstić information content (AvgIpc) is 2.62. The van der Waals surface area contributed by atoms with E-state index >= 15 is 0 Å². The lowest BCUT2D eigenvalue weighted by Crippen LogP contribution is -2.19. The van der Waals surface area contributed by atoms with E-state index in [9.17, 15) is 0 Å². The Labute approximate surface area is 88.3 Å². The van der Waals surface area contributed by atoms with Gasteiger partial charge in [-0.15, -0.1) is 0 Å². The van der Waals surface area contributed by atoms with Crippen molar-refractivity contribution in [2.24, 2.45) is 11.8 Å². The molecule has 12 heavy (non-hydrogen) atoms. The fourth-order valence-corrected chi connectivity index (χ4v) is 2.01. The van der Waals surface area contributed by atoms with E-state index in [1.54, 1.807) is 0 Å². The van der Waals surface area contributed by atoms with Crippen LogP contribution in [0.3, 0.4) is 0 Å². The lowest BCUT2D eigenvalue weighted by molar-refractivity contribution is 0.269. The number of hydrogen-bond donors (Lipinski definition) is 0. The smallest absolute Gasteiger partial charge is 0.190 e. The largest absolute Gasteiger partial charge is 0.373 e. The molecule has 0 aromatic rings. The highest BCUT2D eigenvalue weighted by atomic mass is 35.6. The molecule has 0 spiro atoms. The third kappa shape index (κ3) is 3.69. The monoisotopic (exact) mass is 230 g/mol. The molecule has 0 bridgehead atoms. The Morgan fingerprint density at radius 3 is 2.25 bits per heavy atom. The molecule has 1 nitrogen and oxygen atoms in total. The Morgan fingerprint density at radius 2 is 1.92 bits per heavy atom. The van der Waals surface area contributed by atoms with Crippen molar-refractivity contribution in [1.82, 2.24) is 0 Å². The molecular formula is C8H13Cl3O. The van der Waals surface area contributed by atoms with Crippen molar-refractivity contribution in [3.05, 3.63) is 0 Å². The molecule has 72 valence electrons. The van der Waals surface area contributed by atoms with E-state index in [4.69, 9.17) is 39.5 Å². The van der Waals surface area contributed by atoms with Crippen molar-refractivity contribution in [2.45, 2.75) is 30.2 Å². The highest BCUT2D eigenvalue weighted by Crippen LogP contribution is 2.38. The number of epoxide rings is 1. The second kappa shape index (κ2) is 3.91. The fourth-order valence-electron chi connectivity index (χ4n) is 1.28. The minimum Gasteiger partial charge on any atom is -0.373 e. The van der Waals surface area contributed by atoms with Crippen LogP contribution in [0.5, 0.6) is 0 Å². The summed E-state index contributed by atoms with van der Waals surface area (Å²) in [7, 11) is 0. The Bertz CT molecular complexity index is 151. The quantitative estimate of drug-likeness (QED) is 0.536. The summed E-state index contributed by atoms with van der Waals surface area (Å²) in [5.41, 5.74) is 0. The molecular weight excluding hydrogens is 218 g/mol. The first-order valence-electron chi connectivity index (χ1n) is 4.08. The van der Waals surface area contributed by atoms with Gasteiger partial charge in [-0.05, 0) is 18.3 Å². The maximum Gasteiger partial charge on any atom is 0.190 e. The molecule has 0 saturated carbocycles. The third-order valence-corrected chi connectivity index (χ3v) is 2.86. The molecule has 1 rings (SSSR count). The van der Waals surface area contributed by atoms with Crippen LogP contribution < -0.4 is 0 Å². The normalized spacial score (nSPS) is 28.2. The lowest BCUT2D eigenvalue weighted by atomic mass is 9.91. The molecule has 0 aromatic heterocycles. The van der Waals surface area contributed by atoms with E-state index in [0.717, 1.165) is 6.61 Å². The topological polar surface area (TPSA) is 12.5 Å². The molecule has 1 aliphatic rings. The first-order chi connectivity index (χ1) is 5.40. The number of rotatable bonds is 3. The number of halogens is 3. The van der Waals surface area contributed by atoms with Crippen molar-refractivity contribution < 1.29 is 4.74 Å². The van der Waals surface area contributed by atoms with Crippen molar-refractivity contribution >= 4 is 34.8 Å². The van der Waals surface area contributed by atoms with Gasteiger partial charge in [0.05, 0.1) is 12.7 Å². The highest BCUT2D eigenvalue weighted by Gasteiger charge is 2.35. The van der Waals surface area contributed by atoms with Gasteiger partial charge >= 0.3 is 0 Å². The van der Waals surface area contributed by atoms with Crippen LogP contribution in [0, 0.1) is 11.8 Å². The maximum absolute atomic E-state index is 5.69. The predicted molar refractivity (Wildman–Crippen MR) is 53.0 cm³/mol. The molecule has 0 amide bonds. The summed E-state index contributed by atoms with van der Waals surface area (Å²) in [6, 6.07) is 0. The standard InChI is InChI=1S/C8H13Cl3O/c1-5(3-8(9,10)11)6(2)7-4-12-7/h5-7H,3-4H2,1-2H3. The lowest BCUT2D eigenvalue weighted by Gasteiger charge is -2.21. The van der Waals surface area contributed by atoms with Crippen LogP contribution in [0.15, 0.2) is 0 Å². The third-order valence-electron chi connectivity index (χ3n) is 2.40. The zero-order chi connectivity index (χ0) is 9.35. The predicted octanol–water partition coefficient (Wildman–Crippen LogP) is 3.42. The van der Waals surface area contributed by atoms with Crippen LogP contribution in [0.25, 0.3) is 0 Å². The Kier molecular flexibility index (Phi) is 3.56. The van der Waals surface area contributed by atoms with Gasteiger partial charge in [-0.25, -0.2) is 0 Å². The van der Waals surface area contributed by atoms with Crippen molar-refractivity contribution in [3.8, 4) is 0 Å². The van der Waals surface area contributed by atoms with Gasteiger partial charge in [0.15, 0.2) is 3.79 Å². The Hall–Kier alpha value is 0.830. The maximum atomic E-state index is 5.69. The summed E-state index contributed by atoms with van der Waals surface area (Å²) in [5, 5.41) is 0. The number of hydrogen-bond acceptors (Lipinski definition) is 1. The van der Waals surface area contributed by atoms with Crippen LogP contribution in [-0.2, 0) is 4.74 Å². The molecule has 0 aliphatic carbocycles. The summed E-state index contributed by atoms with van der Waals surface area (Å²) >= 11 is 17.1. The van der Waals surface area contributed by atoms with Crippen LogP contribution in [-0.4, -0.2) is 16.5 Å². The van der Waals surface area contributed by atoms with Crippen molar-refractivity contribution in [1.29, 1.82) is 0 Å². The summed E-state index contributed by atoms with van der Waals surface area (Å²) in [4.78, 5) is 0. The summed E-state index contributed by atoms with van der Waals surface area (Å²) in [6.07, 6.45) is 0.992. The van der Waals surface area contributed by atoms with Gasteiger partial charge in [0.25, 0.3) is 0 Å². The van der Waals surface area contributed by atoms with Gasteiger partial charge in [0.1, 0.15) is 0 Å². The number of ether oxygens (including phenoxy) is 1. The summed E-state index contributed by atoms with van der Waals surface area (Å²) < 4.78 is 4.05. The summed E-state index contributed by atoms with van der Waals surface area (Å²) in [5.74, 6) is 0.880. The fraction of sp³-hybridized carbons (Fsp3) is 1.00. The second-order valence-electron chi connectivity index (χ2n) is 3.53. The molecule has 1 fully saturated rings. The molecule has 3 unspecified atom stereocenters. The van der Waals surface area contributed by atoms with Gasteiger partial charge in [-0.2, -0.15) is 0 Å². The molecule has 0 N–H and O–H groups in total. The zero-order valence-electron chi connectivity index (χ0n) is 7.19. The SMILES string of the molecule is CC(CC(Cl)(Cl)Cl)C(C)C1CO1. The van der Waals surface area contributed by atoms with Crippen LogP contribution >= 0.6 is 34.8 Å². The van der Waals surface area contributed by atoms with Crippen molar-refractivity contribution in [2.75, 3.05) is 6.61 Å². The first-order valence-corrected chi connectivity index (χ1v) is 5.22. The molecule has 1 saturated heterocycles. The van der Waals surface area contributed by atoms with Crippen LogP contribution in [0.4, 0.5) is 0 Å². The average molecular weight is 232 g/mol. The van der Waals surface area contributed by atoms with E-state index < -0.39 is 3.79 Å². The molecule has 3 atom stereocenters. The van der Waals surface area contributed by atoms with Crippen LogP contribution in [0.1, 0.15) is 20.3 Å². The number of alkyl halides is 3. The van der Waals surface area contributed by atoms with E-state index in [2.05, 4.69) is 13.8 Å². The zero-order valence-corrected chi connectivity index (χ0v) is 9.46. The second-order valence-corrected chi connectivity index (χ2v) is 6.04. The van der Waals surface area contributed by atoms with Crippen molar-refractivity contribution in [3.63, 3.8) is 0 Å². The first kappa shape index (κ1) is 10.9. The van der Waals surface area contributed by atoms with E-state index in [1.807, 2.05) is 0 Å². The Balaban J connectivity index is 2.31. The van der Waals surface area contributed by atoms with Gasteiger partial charge < -0.3 is 4.74 Å². The highest BCUT2D eigenvalue weighted by molar-refractivity contribution is 6.67. The van der Waals surface area contributed by atoms with Crippen LogP contribution in [0.2, 0.25) is 0 Å². The minimum absolute atomic E-state index is 0.394. The minimum atomic E-state index is -1.12. The molecule has 1 aliphatic heterocycles. The van der Waals surface area contributed by atoms with Gasteiger partial charge in [-0.3, -0.25) is 0 Å². The Morgan fingerprint density at radius 1 is 1.42 bits per heavy atom. The van der Waals surface area contributed by atoms with Gasteiger partial charge in [0.2, 0.25) is 0 Å². The molecule has 0 aromatic carbocycles. The summed E-state index contributed by atoms with van der Waals surface area (Å²) in [6.45, 7) is 5.10. The molecule has 0 radical (unpaired) electrons.